The van der Waals surface area contributed by atoms with Gasteiger partial charge in [0, 0.05) is 57.7 Å². The third kappa shape index (κ3) is 5.83. The van der Waals surface area contributed by atoms with Crippen LogP contribution in [0.2, 0.25) is 0 Å². The van der Waals surface area contributed by atoms with E-state index in [-0.39, 0.29) is 0 Å². The van der Waals surface area contributed by atoms with Gasteiger partial charge in [0.2, 0.25) is 17.8 Å². The molecule has 1 unspecified atom stereocenters. The van der Waals surface area contributed by atoms with E-state index in [2.05, 4.69) is 74.7 Å². The van der Waals surface area contributed by atoms with Crippen molar-refractivity contribution in [1.82, 2.24) is 40.0 Å². The number of nitrogens with one attached hydrogen (secondary N) is 2. The highest BCUT2D eigenvalue weighted by atomic mass is 15.4. The van der Waals surface area contributed by atoms with Crippen LogP contribution in [0.3, 0.4) is 0 Å². The lowest BCUT2D eigenvalue weighted by Crippen LogP contribution is -2.47. The third-order valence-corrected chi connectivity index (χ3v) is 6.84. The number of rotatable bonds is 8. The minimum Gasteiger partial charge on any atom is -0.337 e. The van der Waals surface area contributed by atoms with E-state index in [1.54, 1.807) is 6.33 Å². The van der Waals surface area contributed by atoms with Gasteiger partial charge in [0.25, 0.3) is 0 Å². The quantitative estimate of drug-likeness (QED) is 0.375. The zero-order chi connectivity index (χ0) is 24.9. The lowest BCUT2D eigenvalue weighted by atomic mass is 10.1. The second kappa shape index (κ2) is 10.9. The summed E-state index contributed by atoms with van der Waals surface area (Å²) in [6, 6.07) is 10.4. The van der Waals surface area contributed by atoms with Crippen LogP contribution in [0, 0.1) is 5.92 Å². The average molecular weight is 498 g/mol. The van der Waals surface area contributed by atoms with Crippen molar-refractivity contribution in [3.63, 3.8) is 0 Å². The molecule has 37 heavy (non-hydrogen) atoms. The van der Waals surface area contributed by atoms with Gasteiger partial charge in [0.15, 0.2) is 0 Å². The lowest BCUT2D eigenvalue weighted by molar-refractivity contribution is 0.449. The SMILES string of the molecule is c1ccc(Cc2cnc(N3CCN(c4ncnc(Nc5cnn(CC6CCNC6)c5)n4)CC3)nc2)cc1. The standard InChI is InChI=1S/C26H31N11/c1-2-4-20(5-3-1)12-22-14-28-25(29-15-22)35-8-10-36(11-9-35)26-31-19-30-24(34-26)33-23-16-32-37(18-23)17-21-6-7-27-13-21/h1-5,14-16,18-19,21,27H,6-13,17H2,(H,30,31,33,34). The number of nitrogens with zero attached hydrogens (tertiary/aromatic N) is 9. The molecule has 1 atom stereocenters. The van der Waals surface area contributed by atoms with Crippen molar-refractivity contribution in [3.8, 4) is 0 Å². The Morgan fingerprint density at radius 2 is 1.65 bits per heavy atom. The molecule has 2 saturated heterocycles. The molecule has 190 valence electrons. The topological polar surface area (TPSA) is 113 Å². The molecule has 0 spiro atoms. The van der Waals surface area contributed by atoms with Gasteiger partial charge in [-0.05, 0) is 36.6 Å². The summed E-state index contributed by atoms with van der Waals surface area (Å²) in [4.78, 5) is 27.0. The Labute approximate surface area is 216 Å². The number of anilines is 4. The fraction of sp³-hybridized carbons (Fsp3) is 0.385. The highest BCUT2D eigenvalue weighted by molar-refractivity contribution is 5.51. The second-order valence-corrected chi connectivity index (χ2v) is 9.57. The Kier molecular flexibility index (Phi) is 6.84. The van der Waals surface area contributed by atoms with Gasteiger partial charge in [-0.25, -0.2) is 19.9 Å². The van der Waals surface area contributed by atoms with Crippen LogP contribution in [-0.2, 0) is 13.0 Å². The van der Waals surface area contributed by atoms with Crippen molar-refractivity contribution in [2.45, 2.75) is 19.4 Å². The zero-order valence-corrected chi connectivity index (χ0v) is 20.7. The van der Waals surface area contributed by atoms with Crippen molar-refractivity contribution in [2.24, 2.45) is 5.92 Å². The Balaban J connectivity index is 1.03. The Morgan fingerprint density at radius 1 is 0.865 bits per heavy atom. The van der Waals surface area contributed by atoms with E-state index >= 15 is 0 Å². The van der Waals surface area contributed by atoms with E-state index in [1.165, 1.54) is 12.0 Å². The molecular formula is C26H31N11. The maximum Gasteiger partial charge on any atom is 0.232 e. The predicted octanol–water partition coefficient (Wildman–Crippen LogP) is 2.13. The summed E-state index contributed by atoms with van der Waals surface area (Å²) in [5.41, 5.74) is 3.25. The first-order valence-electron chi connectivity index (χ1n) is 12.8. The van der Waals surface area contributed by atoms with Crippen molar-refractivity contribution in [2.75, 3.05) is 54.4 Å². The van der Waals surface area contributed by atoms with E-state index in [0.717, 1.165) is 69.4 Å². The fourth-order valence-corrected chi connectivity index (χ4v) is 4.83. The van der Waals surface area contributed by atoms with Gasteiger partial charge in [0.1, 0.15) is 6.33 Å². The van der Waals surface area contributed by atoms with Crippen LogP contribution < -0.4 is 20.4 Å². The first kappa shape index (κ1) is 23.3. The smallest absolute Gasteiger partial charge is 0.232 e. The molecule has 2 N–H and O–H groups in total. The first-order valence-corrected chi connectivity index (χ1v) is 12.8. The number of hydrogen-bond donors (Lipinski definition) is 2. The lowest BCUT2D eigenvalue weighted by Gasteiger charge is -2.34. The van der Waals surface area contributed by atoms with Crippen LogP contribution in [0.1, 0.15) is 17.5 Å². The van der Waals surface area contributed by atoms with Crippen LogP contribution in [0.4, 0.5) is 23.5 Å². The normalized spacial score (nSPS) is 17.8. The average Bonchev–Trinajstić information content (AvgIpc) is 3.62. The van der Waals surface area contributed by atoms with Crippen LogP contribution in [0.5, 0.6) is 0 Å². The molecular weight excluding hydrogens is 466 g/mol. The van der Waals surface area contributed by atoms with Crippen molar-refractivity contribution < 1.29 is 0 Å². The molecule has 2 aliphatic rings. The Hall–Kier alpha value is -4.12. The highest BCUT2D eigenvalue weighted by Gasteiger charge is 2.21. The monoisotopic (exact) mass is 497 g/mol. The van der Waals surface area contributed by atoms with Gasteiger partial charge in [-0.2, -0.15) is 10.1 Å². The van der Waals surface area contributed by atoms with Gasteiger partial charge in [0.05, 0.1) is 11.9 Å². The molecule has 4 aromatic rings. The number of benzene rings is 1. The Morgan fingerprint density at radius 3 is 2.41 bits per heavy atom. The summed E-state index contributed by atoms with van der Waals surface area (Å²) in [5, 5.41) is 11.1. The molecule has 11 nitrogen and oxygen atoms in total. The van der Waals surface area contributed by atoms with Crippen molar-refractivity contribution in [3.05, 3.63) is 72.6 Å². The van der Waals surface area contributed by atoms with Crippen LogP contribution in [-0.4, -0.2) is 74.0 Å². The van der Waals surface area contributed by atoms with Gasteiger partial charge in [-0.3, -0.25) is 4.68 Å². The van der Waals surface area contributed by atoms with Crippen LogP contribution >= 0.6 is 0 Å². The van der Waals surface area contributed by atoms with Gasteiger partial charge in [-0.1, -0.05) is 30.3 Å². The molecule has 11 heteroatoms. The summed E-state index contributed by atoms with van der Waals surface area (Å²) in [7, 11) is 0. The van der Waals surface area contributed by atoms with Crippen LogP contribution in [0.25, 0.3) is 0 Å². The van der Waals surface area contributed by atoms with Gasteiger partial charge < -0.3 is 20.4 Å². The summed E-state index contributed by atoms with van der Waals surface area (Å²) in [6.07, 6.45) is 11.3. The third-order valence-electron chi connectivity index (χ3n) is 6.84. The molecule has 3 aromatic heterocycles. The Bertz CT molecular complexity index is 1280. The highest BCUT2D eigenvalue weighted by Crippen LogP contribution is 2.19. The van der Waals surface area contributed by atoms with E-state index < -0.39 is 0 Å². The molecule has 2 aliphatic heterocycles. The van der Waals surface area contributed by atoms with Crippen molar-refractivity contribution in [1.29, 1.82) is 0 Å². The minimum atomic E-state index is 0.520. The van der Waals surface area contributed by atoms with E-state index in [0.29, 0.717) is 17.8 Å². The minimum absolute atomic E-state index is 0.520. The summed E-state index contributed by atoms with van der Waals surface area (Å²) >= 11 is 0. The number of piperazine rings is 1. The summed E-state index contributed by atoms with van der Waals surface area (Å²) in [6.45, 7) is 6.23. The van der Waals surface area contributed by atoms with E-state index in [1.807, 2.05) is 35.5 Å². The van der Waals surface area contributed by atoms with E-state index in [9.17, 15) is 0 Å². The first-order chi connectivity index (χ1) is 18.3. The van der Waals surface area contributed by atoms with E-state index in [4.69, 9.17) is 0 Å². The molecule has 0 aliphatic carbocycles. The molecule has 6 rings (SSSR count). The molecule has 0 radical (unpaired) electrons. The van der Waals surface area contributed by atoms with Gasteiger partial charge >= 0.3 is 0 Å². The maximum atomic E-state index is 4.65. The molecule has 0 amide bonds. The molecule has 0 saturated carbocycles. The molecule has 0 bridgehead atoms. The summed E-state index contributed by atoms with van der Waals surface area (Å²) < 4.78 is 1.98. The molecule has 1 aromatic carbocycles. The fourth-order valence-electron chi connectivity index (χ4n) is 4.83. The number of aromatic nitrogens is 7. The summed E-state index contributed by atoms with van der Waals surface area (Å²) in [5.74, 6) is 2.58. The second-order valence-electron chi connectivity index (χ2n) is 9.57. The molecule has 2 fully saturated rings. The van der Waals surface area contributed by atoms with Crippen LogP contribution in [0.15, 0.2) is 61.4 Å². The van der Waals surface area contributed by atoms with Crippen molar-refractivity contribution >= 4 is 23.5 Å². The van der Waals surface area contributed by atoms with Gasteiger partial charge in [-0.15, -0.1) is 0 Å². The maximum absolute atomic E-state index is 4.65. The largest absolute Gasteiger partial charge is 0.337 e. The number of hydrogen-bond acceptors (Lipinski definition) is 10. The predicted molar refractivity (Wildman–Crippen MR) is 142 cm³/mol. The molecule has 5 heterocycles. The zero-order valence-electron chi connectivity index (χ0n) is 20.7.